The van der Waals surface area contributed by atoms with E-state index in [1.165, 1.54) is 4.88 Å². The van der Waals surface area contributed by atoms with Crippen molar-refractivity contribution in [3.63, 3.8) is 0 Å². The van der Waals surface area contributed by atoms with Gasteiger partial charge in [-0.05, 0) is 37.1 Å². The Hall–Kier alpha value is -1.07. The standard InChI is InChI=1S/C14H23N3OS/c1-15-13(16-11-14(18)7-4-8-14)17(2)9-6-12-5-3-10-19-12/h3,5,10,18H,4,6-9,11H2,1-2H3,(H,15,16). The van der Waals surface area contributed by atoms with Gasteiger partial charge in [-0.1, -0.05) is 6.07 Å². The third-order valence-corrected chi connectivity index (χ3v) is 4.64. The monoisotopic (exact) mass is 281 g/mol. The normalized spacial score (nSPS) is 17.9. The van der Waals surface area contributed by atoms with Crippen LogP contribution in [-0.4, -0.2) is 48.8 Å². The number of thiophene rings is 1. The predicted octanol–water partition coefficient (Wildman–Crippen LogP) is 1.71. The van der Waals surface area contributed by atoms with E-state index in [1.807, 2.05) is 7.05 Å². The molecule has 0 saturated heterocycles. The molecule has 5 heteroatoms. The molecule has 2 rings (SSSR count). The summed E-state index contributed by atoms with van der Waals surface area (Å²) in [7, 11) is 3.82. The Kier molecular flexibility index (Phi) is 4.82. The first-order valence-electron chi connectivity index (χ1n) is 6.79. The van der Waals surface area contributed by atoms with Crippen LogP contribution in [0, 0.1) is 0 Å². The highest BCUT2D eigenvalue weighted by Crippen LogP contribution is 2.30. The molecule has 0 unspecified atom stereocenters. The summed E-state index contributed by atoms with van der Waals surface area (Å²) in [6, 6.07) is 4.24. The van der Waals surface area contributed by atoms with Crippen molar-refractivity contribution in [3.05, 3.63) is 22.4 Å². The van der Waals surface area contributed by atoms with Gasteiger partial charge in [0.15, 0.2) is 5.96 Å². The molecule has 0 spiro atoms. The molecule has 106 valence electrons. The van der Waals surface area contributed by atoms with Gasteiger partial charge in [0.25, 0.3) is 0 Å². The summed E-state index contributed by atoms with van der Waals surface area (Å²) >= 11 is 1.79. The summed E-state index contributed by atoms with van der Waals surface area (Å²) in [6.07, 6.45) is 3.95. The van der Waals surface area contributed by atoms with Crippen molar-refractivity contribution in [1.29, 1.82) is 0 Å². The number of aliphatic hydroxyl groups is 1. The van der Waals surface area contributed by atoms with E-state index in [9.17, 15) is 5.11 Å². The van der Waals surface area contributed by atoms with Crippen molar-refractivity contribution in [2.24, 2.45) is 4.99 Å². The van der Waals surface area contributed by atoms with E-state index in [0.29, 0.717) is 6.54 Å². The van der Waals surface area contributed by atoms with Crippen LogP contribution in [0.25, 0.3) is 0 Å². The molecule has 0 amide bonds. The molecule has 1 saturated carbocycles. The Balaban J connectivity index is 1.76. The van der Waals surface area contributed by atoms with Gasteiger partial charge in [-0.2, -0.15) is 0 Å². The maximum absolute atomic E-state index is 10.1. The summed E-state index contributed by atoms with van der Waals surface area (Å²) in [5.41, 5.74) is -0.509. The molecule has 0 aromatic carbocycles. The fraction of sp³-hybridized carbons (Fsp3) is 0.643. The lowest BCUT2D eigenvalue weighted by molar-refractivity contribution is -0.0282. The molecule has 1 aromatic heterocycles. The molecule has 0 aliphatic heterocycles. The quantitative estimate of drug-likeness (QED) is 0.638. The van der Waals surface area contributed by atoms with Gasteiger partial charge in [0.05, 0.1) is 5.60 Å². The van der Waals surface area contributed by atoms with E-state index < -0.39 is 5.60 Å². The first kappa shape index (κ1) is 14.3. The van der Waals surface area contributed by atoms with E-state index in [-0.39, 0.29) is 0 Å². The number of guanidine groups is 1. The van der Waals surface area contributed by atoms with Crippen LogP contribution in [0.4, 0.5) is 0 Å². The second kappa shape index (κ2) is 6.39. The summed E-state index contributed by atoms with van der Waals surface area (Å²) in [5.74, 6) is 0.858. The van der Waals surface area contributed by atoms with E-state index in [0.717, 1.165) is 38.2 Å². The van der Waals surface area contributed by atoms with Crippen LogP contribution in [0.1, 0.15) is 24.1 Å². The minimum atomic E-state index is -0.509. The van der Waals surface area contributed by atoms with Crippen LogP contribution >= 0.6 is 11.3 Å². The number of aliphatic imine (C=N–C) groups is 1. The fourth-order valence-corrected chi connectivity index (χ4v) is 2.93. The zero-order valence-electron chi connectivity index (χ0n) is 11.7. The smallest absolute Gasteiger partial charge is 0.193 e. The molecule has 1 fully saturated rings. The minimum absolute atomic E-state index is 0.509. The van der Waals surface area contributed by atoms with E-state index in [1.54, 1.807) is 18.4 Å². The van der Waals surface area contributed by atoms with Crippen molar-refractivity contribution < 1.29 is 5.11 Å². The van der Waals surface area contributed by atoms with Gasteiger partial charge in [-0.15, -0.1) is 11.3 Å². The maximum atomic E-state index is 10.1. The second-order valence-electron chi connectivity index (χ2n) is 5.23. The van der Waals surface area contributed by atoms with E-state index in [4.69, 9.17) is 0 Å². The van der Waals surface area contributed by atoms with Gasteiger partial charge in [-0.3, -0.25) is 4.99 Å². The summed E-state index contributed by atoms with van der Waals surface area (Å²) in [6.45, 7) is 1.53. The second-order valence-corrected chi connectivity index (χ2v) is 6.26. The number of hydrogen-bond donors (Lipinski definition) is 2. The zero-order valence-corrected chi connectivity index (χ0v) is 12.5. The van der Waals surface area contributed by atoms with Crippen LogP contribution < -0.4 is 5.32 Å². The third-order valence-electron chi connectivity index (χ3n) is 3.71. The number of hydrogen-bond acceptors (Lipinski definition) is 3. The van der Waals surface area contributed by atoms with Crippen LogP contribution in [0.15, 0.2) is 22.5 Å². The van der Waals surface area contributed by atoms with Crippen LogP contribution in [0.2, 0.25) is 0 Å². The van der Waals surface area contributed by atoms with Crippen LogP contribution in [-0.2, 0) is 6.42 Å². The maximum Gasteiger partial charge on any atom is 0.193 e. The average molecular weight is 281 g/mol. The molecule has 1 aromatic rings. The minimum Gasteiger partial charge on any atom is -0.388 e. The van der Waals surface area contributed by atoms with Gasteiger partial charge in [0, 0.05) is 32.1 Å². The summed E-state index contributed by atoms with van der Waals surface area (Å²) in [4.78, 5) is 7.77. The van der Waals surface area contributed by atoms with Crippen molar-refractivity contribution in [2.45, 2.75) is 31.3 Å². The van der Waals surface area contributed by atoms with Crippen molar-refractivity contribution in [1.82, 2.24) is 10.2 Å². The molecule has 4 nitrogen and oxygen atoms in total. The number of nitrogens with zero attached hydrogens (tertiary/aromatic N) is 2. The van der Waals surface area contributed by atoms with Crippen LogP contribution in [0.3, 0.4) is 0 Å². The molecule has 1 aliphatic rings. The van der Waals surface area contributed by atoms with Gasteiger partial charge < -0.3 is 15.3 Å². The van der Waals surface area contributed by atoms with Crippen molar-refractivity contribution in [3.8, 4) is 0 Å². The predicted molar refractivity (Wildman–Crippen MR) is 80.8 cm³/mol. The highest BCUT2D eigenvalue weighted by Gasteiger charge is 2.34. The average Bonchev–Trinajstić information content (AvgIpc) is 2.88. The molecule has 19 heavy (non-hydrogen) atoms. The summed E-state index contributed by atoms with van der Waals surface area (Å²) in [5, 5.41) is 15.5. The van der Waals surface area contributed by atoms with Crippen molar-refractivity contribution >= 4 is 17.3 Å². The van der Waals surface area contributed by atoms with Crippen LogP contribution in [0.5, 0.6) is 0 Å². The molecule has 2 N–H and O–H groups in total. The molecular weight excluding hydrogens is 258 g/mol. The van der Waals surface area contributed by atoms with Crippen molar-refractivity contribution in [2.75, 3.05) is 27.2 Å². The van der Waals surface area contributed by atoms with Gasteiger partial charge >= 0.3 is 0 Å². The van der Waals surface area contributed by atoms with E-state index in [2.05, 4.69) is 32.7 Å². The number of nitrogens with one attached hydrogen (secondary N) is 1. The Morgan fingerprint density at radius 2 is 2.37 bits per heavy atom. The molecule has 0 bridgehead atoms. The van der Waals surface area contributed by atoms with Gasteiger partial charge in [-0.25, -0.2) is 0 Å². The summed E-state index contributed by atoms with van der Waals surface area (Å²) < 4.78 is 0. The molecule has 1 aliphatic carbocycles. The highest BCUT2D eigenvalue weighted by atomic mass is 32.1. The Bertz CT molecular complexity index is 412. The lowest BCUT2D eigenvalue weighted by atomic mass is 9.80. The SMILES string of the molecule is CN=C(NCC1(O)CCC1)N(C)CCc1cccs1. The first-order valence-corrected chi connectivity index (χ1v) is 7.67. The Morgan fingerprint density at radius 3 is 2.89 bits per heavy atom. The first-order chi connectivity index (χ1) is 9.13. The Labute approximate surface area is 119 Å². The van der Waals surface area contributed by atoms with E-state index >= 15 is 0 Å². The number of likely N-dealkylation sites (N-methyl/N-ethyl adjacent to an activating group) is 1. The zero-order chi connectivity index (χ0) is 13.7. The third kappa shape index (κ3) is 3.94. The molecule has 0 atom stereocenters. The molecule has 1 heterocycles. The number of rotatable bonds is 5. The lowest BCUT2D eigenvalue weighted by Crippen LogP contribution is -2.51. The lowest BCUT2D eigenvalue weighted by Gasteiger charge is -2.37. The largest absolute Gasteiger partial charge is 0.388 e. The Morgan fingerprint density at radius 1 is 1.58 bits per heavy atom. The van der Waals surface area contributed by atoms with Gasteiger partial charge in [0.1, 0.15) is 0 Å². The van der Waals surface area contributed by atoms with Gasteiger partial charge in [0.2, 0.25) is 0 Å². The fourth-order valence-electron chi connectivity index (χ4n) is 2.23. The highest BCUT2D eigenvalue weighted by molar-refractivity contribution is 7.09. The topological polar surface area (TPSA) is 47.9 Å². The molecule has 0 radical (unpaired) electrons. The molecular formula is C14H23N3OS.